The minimum Gasteiger partial charge on any atom is -0.383 e. The van der Waals surface area contributed by atoms with Gasteiger partial charge in [-0.25, -0.2) is 4.98 Å². The van der Waals surface area contributed by atoms with Gasteiger partial charge in [-0.15, -0.1) is 5.10 Å². The Kier molecular flexibility index (Phi) is 5.77. The molecule has 1 aromatic heterocycles. The summed E-state index contributed by atoms with van der Waals surface area (Å²) in [6.07, 6.45) is 1.78. The van der Waals surface area contributed by atoms with Gasteiger partial charge in [0.25, 0.3) is 5.91 Å². The van der Waals surface area contributed by atoms with Gasteiger partial charge in [0.05, 0.1) is 12.6 Å². The maximum atomic E-state index is 12.2. The van der Waals surface area contributed by atoms with Crippen molar-refractivity contribution in [2.45, 2.75) is 39.7 Å². The third kappa shape index (κ3) is 3.53. The zero-order valence-corrected chi connectivity index (χ0v) is 11.6. The van der Waals surface area contributed by atoms with Crippen molar-refractivity contribution in [2.75, 3.05) is 20.3 Å². The first-order valence-electron chi connectivity index (χ1n) is 6.35. The Balaban J connectivity index is 2.76. The number of aryl methyl sites for hydroxylation is 1. The number of rotatable bonds is 7. The molecule has 0 aliphatic heterocycles. The largest absolute Gasteiger partial charge is 0.383 e. The Labute approximate surface area is 108 Å². The number of methoxy groups -OCH3 is 1. The van der Waals surface area contributed by atoms with Crippen molar-refractivity contribution in [1.82, 2.24) is 20.1 Å². The van der Waals surface area contributed by atoms with Crippen molar-refractivity contribution >= 4 is 5.91 Å². The molecular weight excluding hydrogens is 232 g/mol. The number of nitrogens with zero attached hydrogens (tertiary/aromatic N) is 3. The fraction of sp³-hybridized carbons (Fsp3) is 0.750. The van der Waals surface area contributed by atoms with Gasteiger partial charge < -0.3 is 9.64 Å². The van der Waals surface area contributed by atoms with E-state index in [4.69, 9.17) is 4.74 Å². The van der Waals surface area contributed by atoms with Crippen LogP contribution in [0.1, 0.15) is 43.6 Å². The van der Waals surface area contributed by atoms with Crippen LogP contribution in [0.15, 0.2) is 0 Å². The lowest BCUT2D eigenvalue weighted by Gasteiger charge is -2.26. The van der Waals surface area contributed by atoms with E-state index in [0.29, 0.717) is 13.2 Å². The van der Waals surface area contributed by atoms with Gasteiger partial charge in [-0.1, -0.05) is 6.92 Å². The highest BCUT2D eigenvalue weighted by Crippen LogP contribution is 2.06. The Hall–Kier alpha value is -1.43. The van der Waals surface area contributed by atoms with Gasteiger partial charge in [0.1, 0.15) is 5.82 Å². The lowest BCUT2D eigenvalue weighted by Crippen LogP contribution is -2.41. The number of carbonyl (C=O) groups is 1. The van der Waals surface area contributed by atoms with Crippen LogP contribution in [-0.4, -0.2) is 52.3 Å². The number of hydrogen-bond acceptors (Lipinski definition) is 4. The maximum absolute atomic E-state index is 12.2. The molecule has 6 nitrogen and oxygen atoms in total. The molecule has 0 aliphatic carbocycles. The molecule has 0 saturated heterocycles. The molecule has 1 unspecified atom stereocenters. The normalized spacial score (nSPS) is 12.4. The molecule has 1 amide bonds. The molecular formula is C12H22N4O2. The van der Waals surface area contributed by atoms with Gasteiger partial charge in [-0.05, 0) is 20.3 Å². The molecule has 0 aliphatic rings. The molecule has 102 valence electrons. The Morgan fingerprint density at radius 2 is 2.22 bits per heavy atom. The van der Waals surface area contributed by atoms with Crippen LogP contribution in [0.2, 0.25) is 0 Å². The summed E-state index contributed by atoms with van der Waals surface area (Å²) in [6.45, 7) is 7.06. The second-order valence-corrected chi connectivity index (χ2v) is 4.25. The van der Waals surface area contributed by atoms with E-state index in [2.05, 4.69) is 22.1 Å². The van der Waals surface area contributed by atoms with Crippen molar-refractivity contribution < 1.29 is 9.53 Å². The Morgan fingerprint density at radius 1 is 1.50 bits per heavy atom. The fourth-order valence-corrected chi connectivity index (χ4v) is 1.85. The van der Waals surface area contributed by atoms with Gasteiger partial charge in [0.2, 0.25) is 5.82 Å². The number of aromatic amines is 1. The molecule has 0 bridgehead atoms. The standard InChI is InChI=1S/C12H22N4O2/c1-5-7-10-13-11(15-14-10)12(17)16(6-2)9(3)8-18-4/h9H,5-8H2,1-4H3,(H,13,14,15). The van der Waals surface area contributed by atoms with Gasteiger partial charge in [-0.3, -0.25) is 9.89 Å². The first kappa shape index (κ1) is 14.6. The minimum absolute atomic E-state index is 0.0145. The van der Waals surface area contributed by atoms with Crippen LogP contribution in [0.5, 0.6) is 0 Å². The van der Waals surface area contributed by atoms with Crippen LogP contribution >= 0.6 is 0 Å². The summed E-state index contributed by atoms with van der Waals surface area (Å²) in [6, 6.07) is 0.0145. The predicted octanol–water partition coefficient (Wildman–Crippen LogP) is 1.25. The van der Waals surface area contributed by atoms with E-state index >= 15 is 0 Å². The molecule has 1 heterocycles. The molecule has 1 N–H and O–H groups in total. The van der Waals surface area contributed by atoms with E-state index in [1.807, 2.05) is 13.8 Å². The highest BCUT2D eigenvalue weighted by Gasteiger charge is 2.23. The molecule has 1 rings (SSSR count). The van der Waals surface area contributed by atoms with Gasteiger partial charge in [-0.2, -0.15) is 0 Å². The second kappa shape index (κ2) is 7.10. The van der Waals surface area contributed by atoms with Gasteiger partial charge in [0, 0.05) is 20.1 Å². The topological polar surface area (TPSA) is 71.1 Å². The smallest absolute Gasteiger partial charge is 0.293 e. The van der Waals surface area contributed by atoms with Crippen LogP contribution in [0.3, 0.4) is 0 Å². The van der Waals surface area contributed by atoms with Crippen molar-refractivity contribution in [1.29, 1.82) is 0 Å². The second-order valence-electron chi connectivity index (χ2n) is 4.25. The van der Waals surface area contributed by atoms with Crippen molar-refractivity contribution in [3.63, 3.8) is 0 Å². The summed E-state index contributed by atoms with van der Waals surface area (Å²) in [5, 5.41) is 6.78. The maximum Gasteiger partial charge on any atom is 0.293 e. The lowest BCUT2D eigenvalue weighted by atomic mass is 10.3. The molecule has 0 radical (unpaired) electrons. The average molecular weight is 254 g/mol. The molecule has 18 heavy (non-hydrogen) atoms. The van der Waals surface area contributed by atoms with E-state index in [0.717, 1.165) is 18.7 Å². The van der Waals surface area contributed by atoms with E-state index in [1.54, 1.807) is 12.0 Å². The van der Waals surface area contributed by atoms with Crippen molar-refractivity contribution in [3.05, 3.63) is 11.6 Å². The molecule has 0 spiro atoms. The number of amides is 1. The van der Waals surface area contributed by atoms with E-state index in [-0.39, 0.29) is 17.8 Å². The number of likely N-dealkylation sites (N-methyl/N-ethyl adjacent to an activating group) is 1. The first-order valence-corrected chi connectivity index (χ1v) is 6.35. The van der Waals surface area contributed by atoms with E-state index in [1.165, 1.54) is 0 Å². The Bertz CT molecular complexity index is 378. The molecule has 6 heteroatoms. The van der Waals surface area contributed by atoms with E-state index < -0.39 is 0 Å². The van der Waals surface area contributed by atoms with Gasteiger partial charge >= 0.3 is 0 Å². The number of nitrogens with one attached hydrogen (secondary N) is 1. The van der Waals surface area contributed by atoms with Crippen LogP contribution in [-0.2, 0) is 11.2 Å². The summed E-state index contributed by atoms with van der Waals surface area (Å²) < 4.78 is 5.07. The van der Waals surface area contributed by atoms with Crippen molar-refractivity contribution in [2.24, 2.45) is 0 Å². The minimum atomic E-state index is -0.152. The summed E-state index contributed by atoms with van der Waals surface area (Å²) in [4.78, 5) is 18.2. The van der Waals surface area contributed by atoms with Crippen molar-refractivity contribution in [3.8, 4) is 0 Å². The van der Waals surface area contributed by atoms with Crippen LogP contribution in [0.25, 0.3) is 0 Å². The zero-order valence-electron chi connectivity index (χ0n) is 11.6. The highest BCUT2D eigenvalue weighted by molar-refractivity contribution is 5.90. The number of carbonyl (C=O) groups excluding carboxylic acids is 1. The fourth-order valence-electron chi connectivity index (χ4n) is 1.85. The third-order valence-electron chi connectivity index (χ3n) is 2.75. The summed E-state index contributed by atoms with van der Waals surface area (Å²) in [5.41, 5.74) is 0. The summed E-state index contributed by atoms with van der Waals surface area (Å²) in [5.74, 6) is 0.847. The van der Waals surface area contributed by atoms with Crippen LogP contribution in [0.4, 0.5) is 0 Å². The molecule has 1 atom stereocenters. The molecule has 0 fully saturated rings. The SMILES string of the molecule is CCCc1nc(C(=O)N(CC)C(C)COC)n[nH]1. The number of H-pyrrole nitrogens is 1. The zero-order chi connectivity index (χ0) is 13.5. The van der Waals surface area contributed by atoms with Gasteiger partial charge in [0.15, 0.2) is 0 Å². The Morgan fingerprint density at radius 3 is 2.78 bits per heavy atom. The quantitative estimate of drug-likeness (QED) is 0.795. The number of aromatic nitrogens is 3. The molecule has 0 saturated carbocycles. The number of hydrogen-bond donors (Lipinski definition) is 1. The highest BCUT2D eigenvalue weighted by atomic mass is 16.5. The third-order valence-corrected chi connectivity index (χ3v) is 2.75. The molecule has 0 aromatic carbocycles. The monoisotopic (exact) mass is 254 g/mol. The predicted molar refractivity (Wildman–Crippen MR) is 68.4 cm³/mol. The number of ether oxygens (including phenoxy) is 1. The van der Waals surface area contributed by atoms with Crippen LogP contribution < -0.4 is 0 Å². The summed E-state index contributed by atoms with van der Waals surface area (Å²) in [7, 11) is 1.63. The van der Waals surface area contributed by atoms with E-state index in [9.17, 15) is 4.79 Å². The average Bonchev–Trinajstić information content (AvgIpc) is 2.79. The summed E-state index contributed by atoms with van der Waals surface area (Å²) >= 11 is 0. The van der Waals surface area contributed by atoms with Crippen LogP contribution in [0, 0.1) is 0 Å². The lowest BCUT2D eigenvalue weighted by molar-refractivity contribution is 0.0568. The molecule has 1 aromatic rings. The first-order chi connectivity index (χ1) is 8.63.